The van der Waals surface area contributed by atoms with Crippen molar-refractivity contribution in [3.05, 3.63) is 66.1 Å². The minimum Gasteiger partial charge on any atom is -0.496 e. The van der Waals surface area contributed by atoms with E-state index in [4.69, 9.17) is 4.74 Å². The largest absolute Gasteiger partial charge is 0.496 e. The van der Waals surface area contributed by atoms with Gasteiger partial charge in [-0.05, 0) is 30.7 Å². The Labute approximate surface area is 165 Å². The van der Waals surface area contributed by atoms with Crippen LogP contribution in [0.5, 0.6) is 5.75 Å². The Balaban J connectivity index is 1.37. The van der Waals surface area contributed by atoms with E-state index in [2.05, 4.69) is 37.7 Å². The Kier molecular flexibility index (Phi) is 5.48. The zero-order valence-electron chi connectivity index (χ0n) is 16.4. The molecule has 6 heteroatoms. The molecule has 6 nitrogen and oxygen atoms in total. The molecule has 4 rings (SSSR count). The number of nitrogens with zero attached hydrogens (tertiary/aromatic N) is 5. The molecule has 1 saturated heterocycles. The van der Waals surface area contributed by atoms with Gasteiger partial charge in [0, 0.05) is 56.9 Å². The second kappa shape index (κ2) is 8.35. The molecule has 2 aromatic heterocycles. The molecule has 0 saturated carbocycles. The summed E-state index contributed by atoms with van der Waals surface area (Å²) in [6.45, 7) is 6.96. The SMILES string of the molecule is COc1ccccc1-c1ncc(CN2CCN(c3ncccc3C)CC2)cn1. The second-order valence-corrected chi connectivity index (χ2v) is 7.02. The summed E-state index contributed by atoms with van der Waals surface area (Å²) in [4.78, 5) is 18.5. The van der Waals surface area contributed by atoms with Crippen molar-refractivity contribution >= 4 is 5.82 Å². The molecule has 3 aromatic rings. The van der Waals surface area contributed by atoms with E-state index in [0.717, 1.165) is 55.4 Å². The average molecular weight is 375 g/mol. The maximum Gasteiger partial charge on any atom is 0.162 e. The molecule has 1 aromatic carbocycles. The van der Waals surface area contributed by atoms with Gasteiger partial charge in [0.1, 0.15) is 11.6 Å². The summed E-state index contributed by atoms with van der Waals surface area (Å²) in [5.41, 5.74) is 3.27. The first kappa shape index (κ1) is 18.4. The minimum absolute atomic E-state index is 0.691. The molecule has 0 N–H and O–H groups in total. The molecule has 3 heterocycles. The third-order valence-electron chi connectivity index (χ3n) is 5.11. The van der Waals surface area contributed by atoms with Crippen LogP contribution in [0.1, 0.15) is 11.1 Å². The number of hydrogen-bond acceptors (Lipinski definition) is 6. The van der Waals surface area contributed by atoms with Crippen LogP contribution in [0, 0.1) is 6.92 Å². The van der Waals surface area contributed by atoms with Gasteiger partial charge in [-0.1, -0.05) is 18.2 Å². The van der Waals surface area contributed by atoms with Gasteiger partial charge in [0.15, 0.2) is 5.82 Å². The van der Waals surface area contributed by atoms with Crippen molar-refractivity contribution in [2.24, 2.45) is 0 Å². The van der Waals surface area contributed by atoms with E-state index in [9.17, 15) is 0 Å². The summed E-state index contributed by atoms with van der Waals surface area (Å²) in [5.74, 6) is 2.58. The van der Waals surface area contributed by atoms with Gasteiger partial charge in [-0.3, -0.25) is 4.90 Å². The molecule has 144 valence electrons. The predicted octanol–water partition coefficient (Wildman–Crippen LogP) is 3.18. The van der Waals surface area contributed by atoms with Crippen LogP contribution in [0.3, 0.4) is 0 Å². The van der Waals surface area contributed by atoms with Crippen molar-refractivity contribution in [2.75, 3.05) is 38.2 Å². The number of hydrogen-bond donors (Lipinski definition) is 0. The van der Waals surface area contributed by atoms with Crippen LogP contribution in [0.4, 0.5) is 5.82 Å². The second-order valence-electron chi connectivity index (χ2n) is 7.02. The summed E-state index contributed by atoms with van der Waals surface area (Å²) in [6, 6.07) is 11.9. The highest BCUT2D eigenvalue weighted by Gasteiger charge is 2.19. The molecule has 0 atom stereocenters. The molecule has 1 aliphatic rings. The van der Waals surface area contributed by atoms with Crippen molar-refractivity contribution in [1.82, 2.24) is 19.9 Å². The summed E-state index contributed by atoms with van der Waals surface area (Å²) in [7, 11) is 1.67. The molecule has 0 bridgehead atoms. The van der Waals surface area contributed by atoms with E-state index in [-0.39, 0.29) is 0 Å². The fourth-order valence-electron chi connectivity index (χ4n) is 3.59. The molecule has 0 spiro atoms. The smallest absolute Gasteiger partial charge is 0.162 e. The first-order chi connectivity index (χ1) is 13.7. The van der Waals surface area contributed by atoms with Gasteiger partial charge in [0.2, 0.25) is 0 Å². The van der Waals surface area contributed by atoms with E-state index in [1.807, 2.05) is 48.9 Å². The fourth-order valence-corrected chi connectivity index (χ4v) is 3.59. The van der Waals surface area contributed by atoms with Crippen molar-refractivity contribution in [1.29, 1.82) is 0 Å². The number of rotatable bonds is 5. The summed E-state index contributed by atoms with van der Waals surface area (Å²) < 4.78 is 5.41. The van der Waals surface area contributed by atoms with Crippen LogP contribution in [0.15, 0.2) is 55.0 Å². The Morgan fingerprint density at radius 3 is 2.39 bits per heavy atom. The number of benzene rings is 1. The molecule has 1 fully saturated rings. The van der Waals surface area contributed by atoms with Crippen LogP contribution in [0.2, 0.25) is 0 Å². The maximum absolute atomic E-state index is 5.41. The third kappa shape index (κ3) is 3.97. The Bertz CT molecular complexity index is 920. The lowest BCUT2D eigenvalue weighted by atomic mass is 10.2. The summed E-state index contributed by atoms with van der Waals surface area (Å²) >= 11 is 0. The number of para-hydroxylation sites is 1. The van der Waals surface area contributed by atoms with Gasteiger partial charge in [0.05, 0.1) is 12.7 Å². The highest BCUT2D eigenvalue weighted by Crippen LogP contribution is 2.26. The van der Waals surface area contributed by atoms with Gasteiger partial charge < -0.3 is 9.64 Å². The van der Waals surface area contributed by atoms with Crippen molar-refractivity contribution in [3.63, 3.8) is 0 Å². The Hall–Kier alpha value is -2.99. The van der Waals surface area contributed by atoms with Crippen LogP contribution < -0.4 is 9.64 Å². The first-order valence-corrected chi connectivity index (χ1v) is 9.58. The van der Waals surface area contributed by atoms with Gasteiger partial charge in [-0.15, -0.1) is 0 Å². The molecule has 0 radical (unpaired) electrons. The van der Waals surface area contributed by atoms with Crippen LogP contribution in [0.25, 0.3) is 11.4 Å². The number of aryl methyl sites for hydroxylation is 1. The number of ether oxygens (including phenoxy) is 1. The van der Waals surface area contributed by atoms with Crippen LogP contribution >= 0.6 is 0 Å². The maximum atomic E-state index is 5.41. The summed E-state index contributed by atoms with van der Waals surface area (Å²) in [6.07, 6.45) is 5.71. The molecular formula is C22H25N5O. The molecule has 0 amide bonds. The number of piperazine rings is 1. The average Bonchev–Trinajstić information content (AvgIpc) is 2.75. The molecule has 28 heavy (non-hydrogen) atoms. The lowest BCUT2D eigenvalue weighted by molar-refractivity contribution is 0.248. The topological polar surface area (TPSA) is 54.4 Å². The Morgan fingerprint density at radius 1 is 0.929 bits per heavy atom. The standard InChI is InChI=1S/C22H25N5O/c1-17-6-5-9-23-22(17)27-12-10-26(11-13-27)16-18-14-24-21(25-15-18)19-7-3-4-8-20(19)28-2/h3-9,14-15H,10-13,16H2,1-2H3. The zero-order valence-corrected chi connectivity index (χ0v) is 16.4. The number of anilines is 1. The first-order valence-electron chi connectivity index (χ1n) is 9.58. The highest BCUT2D eigenvalue weighted by atomic mass is 16.5. The normalized spacial score (nSPS) is 14.9. The Morgan fingerprint density at radius 2 is 1.68 bits per heavy atom. The van der Waals surface area contributed by atoms with Gasteiger partial charge in [-0.2, -0.15) is 0 Å². The molecule has 1 aliphatic heterocycles. The molecule has 0 unspecified atom stereocenters. The fraction of sp³-hybridized carbons (Fsp3) is 0.318. The number of methoxy groups -OCH3 is 1. The van der Waals surface area contributed by atoms with Crippen molar-refractivity contribution in [2.45, 2.75) is 13.5 Å². The van der Waals surface area contributed by atoms with Crippen LogP contribution in [-0.2, 0) is 6.54 Å². The minimum atomic E-state index is 0.691. The predicted molar refractivity (Wildman–Crippen MR) is 110 cm³/mol. The van der Waals surface area contributed by atoms with E-state index < -0.39 is 0 Å². The van der Waals surface area contributed by atoms with E-state index >= 15 is 0 Å². The highest BCUT2D eigenvalue weighted by molar-refractivity contribution is 5.63. The van der Waals surface area contributed by atoms with Gasteiger partial charge >= 0.3 is 0 Å². The quantitative estimate of drug-likeness (QED) is 0.683. The summed E-state index contributed by atoms with van der Waals surface area (Å²) in [5, 5.41) is 0. The molecular weight excluding hydrogens is 350 g/mol. The number of pyridine rings is 1. The van der Waals surface area contributed by atoms with E-state index in [0.29, 0.717) is 5.82 Å². The zero-order chi connectivity index (χ0) is 19.3. The van der Waals surface area contributed by atoms with Gasteiger partial charge in [0.25, 0.3) is 0 Å². The number of aromatic nitrogens is 3. The monoisotopic (exact) mass is 375 g/mol. The van der Waals surface area contributed by atoms with Crippen LogP contribution in [-0.4, -0.2) is 53.1 Å². The lowest BCUT2D eigenvalue weighted by Crippen LogP contribution is -2.46. The third-order valence-corrected chi connectivity index (χ3v) is 5.11. The van der Waals surface area contributed by atoms with Gasteiger partial charge in [-0.25, -0.2) is 15.0 Å². The molecule has 0 aliphatic carbocycles. The lowest BCUT2D eigenvalue weighted by Gasteiger charge is -2.35. The van der Waals surface area contributed by atoms with Crippen molar-refractivity contribution < 1.29 is 4.74 Å². The van der Waals surface area contributed by atoms with E-state index in [1.54, 1.807) is 7.11 Å². The van der Waals surface area contributed by atoms with Crippen molar-refractivity contribution in [3.8, 4) is 17.1 Å². The van der Waals surface area contributed by atoms with E-state index in [1.165, 1.54) is 5.56 Å².